The van der Waals surface area contributed by atoms with Crippen LogP contribution in [0.2, 0.25) is 0 Å². The maximum Gasteiger partial charge on any atom is 0.237 e. The van der Waals surface area contributed by atoms with E-state index in [0.29, 0.717) is 11.1 Å². The summed E-state index contributed by atoms with van der Waals surface area (Å²) in [7, 11) is 0. The zero-order chi connectivity index (χ0) is 23.5. The zero-order valence-corrected chi connectivity index (χ0v) is 18.1. The number of rotatable bonds is 8. The fraction of sp³-hybridized carbons (Fsp3) is 0.348. The number of hydrogen-bond acceptors (Lipinski definition) is 6. The standard InChI is InChI=1S/C23H24F3N3O3/c1-13(24)31-18-6-5-17(9-15-11-28-22(29-12-15)23(3,4)30)21(26)20(18)16-7-8-27-19(10-16)32-14(2)25/h5-8,10-14,30H,9H2,1-4H3. The van der Waals surface area contributed by atoms with Crippen LogP contribution in [0.1, 0.15) is 44.6 Å². The number of hydrogen-bond donors (Lipinski definition) is 1. The van der Waals surface area contributed by atoms with Crippen LogP contribution in [0.3, 0.4) is 0 Å². The summed E-state index contributed by atoms with van der Waals surface area (Å²) in [6.07, 6.45) is 1.22. The van der Waals surface area contributed by atoms with E-state index in [9.17, 15) is 13.9 Å². The highest BCUT2D eigenvalue weighted by Gasteiger charge is 2.21. The number of benzene rings is 1. The zero-order valence-electron chi connectivity index (χ0n) is 18.1. The molecule has 0 radical (unpaired) electrons. The molecule has 2 aromatic heterocycles. The van der Waals surface area contributed by atoms with Gasteiger partial charge in [-0.2, -0.15) is 0 Å². The summed E-state index contributed by atoms with van der Waals surface area (Å²) in [6.45, 7) is 5.51. The van der Waals surface area contributed by atoms with E-state index in [2.05, 4.69) is 15.0 Å². The van der Waals surface area contributed by atoms with Gasteiger partial charge in [0.15, 0.2) is 5.82 Å². The second-order valence-electron chi connectivity index (χ2n) is 7.77. The van der Waals surface area contributed by atoms with Crippen LogP contribution in [0.5, 0.6) is 11.6 Å². The predicted octanol–water partition coefficient (Wildman–Crippen LogP) is 4.88. The van der Waals surface area contributed by atoms with Crippen LogP contribution in [0.25, 0.3) is 11.1 Å². The SMILES string of the molecule is CC(F)Oc1cc(-c2c(OC(C)F)ccc(Cc3cnc(C(C)(C)O)nc3)c2F)ccn1. The molecule has 0 bridgehead atoms. The van der Waals surface area contributed by atoms with Gasteiger partial charge >= 0.3 is 0 Å². The third-order valence-corrected chi connectivity index (χ3v) is 4.43. The van der Waals surface area contributed by atoms with Crippen molar-refractivity contribution in [1.29, 1.82) is 0 Å². The lowest BCUT2D eigenvalue weighted by Crippen LogP contribution is -2.19. The fourth-order valence-electron chi connectivity index (χ4n) is 3.06. The molecule has 1 aromatic carbocycles. The summed E-state index contributed by atoms with van der Waals surface area (Å²) in [4.78, 5) is 12.2. The second kappa shape index (κ2) is 9.52. The van der Waals surface area contributed by atoms with Gasteiger partial charge in [-0.3, -0.25) is 0 Å². The van der Waals surface area contributed by atoms with Crippen molar-refractivity contribution in [3.63, 3.8) is 0 Å². The van der Waals surface area contributed by atoms with Crippen molar-refractivity contribution < 1.29 is 27.8 Å². The second-order valence-corrected chi connectivity index (χ2v) is 7.77. The lowest BCUT2D eigenvalue weighted by molar-refractivity contribution is 0.0686. The number of nitrogens with zero attached hydrogens (tertiary/aromatic N) is 3. The van der Waals surface area contributed by atoms with Gasteiger partial charge in [-0.25, -0.2) is 28.1 Å². The van der Waals surface area contributed by atoms with E-state index in [0.717, 1.165) is 0 Å². The van der Waals surface area contributed by atoms with Crippen LogP contribution in [0.4, 0.5) is 13.2 Å². The molecular weight excluding hydrogens is 423 g/mol. The van der Waals surface area contributed by atoms with Crippen molar-refractivity contribution in [1.82, 2.24) is 15.0 Å². The summed E-state index contributed by atoms with van der Waals surface area (Å²) >= 11 is 0. The molecule has 2 heterocycles. The Balaban J connectivity index is 2.01. The van der Waals surface area contributed by atoms with Crippen LogP contribution in [0, 0.1) is 5.82 Å². The lowest BCUT2D eigenvalue weighted by Gasteiger charge is -2.17. The summed E-state index contributed by atoms with van der Waals surface area (Å²) in [5.41, 5.74) is -0.00640. The average Bonchev–Trinajstić information content (AvgIpc) is 2.69. The van der Waals surface area contributed by atoms with Crippen molar-refractivity contribution >= 4 is 0 Å². The van der Waals surface area contributed by atoms with Crippen LogP contribution in [-0.2, 0) is 12.0 Å². The molecule has 3 rings (SSSR count). The highest BCUT2D eigenvalue weighted by molar-refractivity contribution is 5.72. The molecule has 9 heteroatoms. The van der Waals surface area contributed by atoms with Crippen LogP contribution < -0.4 is 9.47 Å². The van der Waals surface area contributed by atoms with Gasteiger partial charge in [0.1, 0.15) is 17.2 Å². The van der Waals surface area contributed by atoms with Crippen LogP contribution >= 0.6 is 0 Å². The Morgan fingerprint density at radius 3 is 2.25 bits per heavy atom. The summed E-state index contributed by atoms with van der Waals surface area (Å²) in [5, 5.41) is 9.99. The van der Waals surface area contributed by atoms with Crippen molar-refractivity contribution in [2.75, 3.05) is 0 Å². The van der Waals surface area contributed by atoms with Crippen LogP contribution in [0.15, 0.2) is 42.9 Å². The molecule has 170 valence electrons. The van der Waals surface area contributed by atoms with E-state index in [4.69, 9.17) is 9.47 Å². The maximum atomic E-state index is 15.6. The molecule has 6 nitrogen and oxygen atoms in total. The minimum atomic E-state index is -1.68. The molecule has 1 N–H and O–H groups in total. The number of ether oxygens (including phenoxy) is 2. The normalized spacial score (nSPS) is 13.5. The Morgan fingerprint density at radius 1 is 1.00 bits per heavy atom. The largest absolute Gasteiger partial charge is 0.460 e. The maximum absolute atomic E-state index is 15.6. The molecule has 2 unspecified atom stereocenters. The van der Waals surface area contributed by atoms with E-state index in [1.807, 2.05) is 0 Å². The minimum Gasteiger partial charge on any atom is -0.460 e. The average molecular weight is 447 g/mol. The number of alkyl halides is 2. The van der Waals surface area contributed by atoms with Crippen molar-refractivity contribution in [2.45, 2.75) is 52.4 Å². The van der Waals surface area contributed by atoms with E-state index < -0.39 is 24.1 Å². The lowest BCUT2D eigenvalue weighted by atomic mass is 9.98. The first kappa shape index (κ1) is 23.5. The van der Waals surface area contributed by atoms with Crippen molar-refractivity contribution in [2.24, 2.45) is 0 Å². The Kier molecular flexibility index (Phi) is 6.98. The van der Waals surface area contributed by atoms with Gasteiger partial charge in [0.2, 0.25) is 18.6 Å². The van der Waals surface area contributed by atoms with E-state index in [1.54, 1.807) is 13.8 Å². The van der Waals surface area contributed by atoms with Crippen LogP contribution in [-0.4, -0.2) is 32.8 Å². The van der Waals surface area contributed by atoms with Gasteiger partial charge in [-0.05, 0) is 42.7 Å². The third-order valence-electron chi connectivity index (χ3n) is 4.43. The predicted molar refractivity (Wildman–Crippen MR) is 112 cm³/mol. The molecule has 0 fully saturated rings. The molecule has 2 atom stereocenters. The van der Waals surface area contributed by atoms with Crippen molar-refractivity contribution in [3.05, 3.63) is 65.6 Å². The van der Waals surface area contributed by atoms with E-state index in [1.165, 1.54) is 56.7 Å². The number of pyridine rings is 1. The topological polar surface area (TPSA) is 77.4 Å². The number of aliphatic hydroxyl groups is 1. The molecule has 0 aliphatic heterocycles. The van der Waals surface area contributed by atoms with Gasteiger partial charge in [-0.15, -0.1) is 0 Å². The molecule has 0 amide bonds. The highest BCUT2D eigenvalue weighted by Crippen LogP contribution is 2.37. The van der Waals surface area contributed by atoms with Crippen molar-refractivity contribution in [3.8, 4) is 22.8 Å². The molecule has 0 saturated heterocycles. The van der Waals surface area contributed by atoms with Gasteiger partial charge in [-0.1, -0.05) is 6.07 Å². The number of halogens is 3. The molecule has 0 saturated carbocycles. The molecule has 0 aliphatic carbocycles. The quantitative estimate of drug-likeness (QED) is 0.530. The van der Waals surface area contributed by atoms with Gasteiger partial charge in [0.25, 0.3) is 0 Å². The first-order valence-electron chi connectivity index (χ1n) is 9.97. The van der Waals surface area contributed by atoms with Gasteiger partial charge in [0, 0.05) is 44.9 Å². The van der Waals surface area contributed by atoms with E-state index in [-0.39, 0.29) is 35.0 Å². The first-order valence-corrected chi connectivity index (χ1v) is 9.97. The Bertz CT molecular complexity index is 1070. The van der Waals surface area contributed by atoms with E-state index >= 15 is 4.39 Å². The third kappa shape index (κ3) is 5.73. The Labute approximate surface area is 184 Å². The molecule has 3 aromatic rings. The molecule has 0 spiro atoms. The Morgan fingerprint density at radius 2 is 1.66 bits per heavy atom. The summed E-state index contributed by atoms with van der Waals surface area (Å²) < 4.78 is 52.5. The fourth-order valence-corrected chi connectivity index (χ4v) is 3.06. The minimum absolute atomic E-state index is 0.000193. The molecule has 32 heavy (non-hydrogen) atoms. The first-order chi connectivity index (χ1) is 15.0. The Hall–Kier alpha value is -3.20. The van der Waals surface area contributed by atoms with Gasteiger partial charge < -0.3 is 14.6 Å². The monoisotopic (exact) mass is 447 g/mol. The molecule has 0 aliphatic rings. The highest BCUT2D eigenvalue weighted by atomic mass is 19.2. The van der Waals surface area contributed by atoms with Gasteiger partial charge in [0.05, 0.1) is 5.56 Å². The smallest absolute Gasteiger partial charge is 0.237 e. The summed E-state index contributed by atoms with van der Waals surface area (Å²) in [6, 6.07) is 5.81. The number of aromatic nitrogens is 3. The summed E-state index contributed by atoms with van der Waals surface area (Å²) in [5.74, 6) is -0.452. The molecular formula is C23H24F3N3O3.